The molecule has 0 aliphatic heterocycles. The molecule has 118 valence electrons. The lowest BCUT2D eigenvalue weighted by molar-refractivity contribution is -0.133. The Morgan fingerprint density at radius 1 is 1.23 bits per heavy atom. The number of ketones is 1. The Morgan fingerprint density at radius 3 is 2.41 bits per heavy atom. The van der Waals surface area contributed by atoms with Crippen molar-refractivity contribution in [2.24, 2.45) is 16.7 Å². The van der Waals surface area contributed by atoms with E-state index in [9.17, 15) is 9.90 Å². The molecule has 0 heterocycles. The van der Waals surface area contributed by atoms with Gasteiger partial charge in [0.2, 0.25) is 0 Å². The summed E-state index contributed by atoms with van der Waals surface area (Å²) in [7, 11) is 1.62. The van der Waals surface area contributed by atoms with E-state index in [1.807, 2.05) is 30.3 Å². The molecule has 22 heavy (non-hydrogen) atoms. The molecule has 0 unspecified atom stereocenters. The Labute approximate surface area is 130 Å². The molecule has 0 spiro atoms. The van der Waals surface area contributed by atoms with Gasteiger partial charge >= 0.3 is 0 Å². The van der Waals surface area contributed by atoms with Crippen LogP contribution in [-0.2, 0) is 4.79 Å². The van der Waals surface area contributed by atoms with Gasteiger partial charge in [-0.05, 0) is 54.5 Å². The summed E-state index contributed by atoms with van der Waals surface area (Å²) in [6.07, 6.45) is 4.25. The van der Waals surface area contributed by atoms with E-state index in [4.69, 9.17) is 9.47 Å². The van der Waals surface area contributed by atoms with Gasteiger partial charge in [-0.25, -0.2) is 0 Å². The summed E-state index contributed by atoms with van der Waals surface area (Å²) in [5, 5.41) is 10.1. The Balaban J connectivity index is 1.78. The van der Waals surface area contributed by atoms with Crippen molar-refractivity contribution in [3.63, 3.8) is 0 Å². The quantitative estimate of drug-likeness (QED) is 0.869. The Hall–Kier alpha value is -1.81. The molecule has 3 rings (SSSR count). The summed E-state index contributed by atoms with van der Waals surface area (Å²) in [5.74, 6) is 1.43. The average Bonchev–Trinajstić information content (AvgIpc) is 2.84. The van der Waals surface area contributed by atoms with Crippen molar-refractivity contribution in [2.45, 2.75) is 32.8 Å². The highest BCUT2D eigenvalue weighted by Gasteiger charge is 2.67. The van der Waals surface area contributed by atoms with Gasteiger partial charge in [-0.3, -0.25) is 4.79 Å². The molecule has 2 aliphatic rings. The number of Topliss-reactive ketones (excluding diaryl/α,β-unsaturated/α-hetero) is 1. The molecule has 1 aromatic carbocycles. The summed E-state index contributed by atoms with van der Waals surface area (Å²) < 4.78 is 10.7. The van der Waals surface area contributed by atoms with Crippen LogP contribution in [0.5, 0.6) is 11.5 Å². The van der Waals surface area contributed by atoms with Crippen LogP contribution in [0.1, 0.15) is 26.7 Å². The highest BCUT2D eigenvalue weighted by molar-refractivity contribution is 5.95. The monoisotopic (exact) mass is 302 g/mol. The van der Waals surface area contributed by atoms with E-state index >= 15 is 0 Å². The second-order valence-electron chi connectivity index (χ2n) is 6.74. The van der Waals surface area contributed by atoms with Crippen LogP contribution in [0.15, 0.2) is 36.6 Å². The Morgan fingerprint density at radius 2 is 1.86 bits per heavy atom. The summed E-state index contributed by atoms with van der Waals surface area (Å²) in [4.78, 5) is 12.5. The third kappa shape index (κ3) is 1.97. The molecule has 4 heteroatoms. The molecule has 2 aliphatic carbocycles. The third-order valence-electron chi connectivity index (χ3n) is 5.63. The first kappa shape index (κ1) is 15.1. The Kier molecular flexibility index (Phi) is 3.52. The fraction of sp³-hybridized carbons (Fsp3) is 0.500. The molecule has 1 N–H and O–H groups in total. The number of hydrogen-bond donors (Lipinski definition) is 1. The van der Waals surface area contributed by atoms with Crippen molar-refractivity contribution < 1.29 is 19.4 Å². The molecule has 2 bridgehead atoms. The van der Waals surface area contributed by atoms with Crippen LogP contribution in [0.3, 0.4) is 0 Å². The van der Waals surface area contributed by atoms with Gasteiger partial charge in [-0.2, -0.15) is 0 Å². The minimum absolute atomic E-state index is 0.0469. The molecular weight excluding hydrogens is 280 g/mol. The number of ether oxygens (including phenoxy) is 2. The van der Waals surface area contributed by atoms with Crippen LogP contribution in [0.25, 0.3) is 0 Å². The van der Waals surface area contributed by atoms with E-state index in [2.05, 4.69) is 13.8 Å². The number of aliphatic hydroxyl groups is 1. The van der Waals surface area contributed by atoms with Crippen molar-refractivity contribution in [2.75, 3.05) is 7.11 Å². The summed E-state index contributed by atoms with van der Waals surface area (Å²) in [6.45, 7) is 4.13. The topological polar surface area (TPSA) is 55.8 Å². The number of carbonyl (C=O) groups is 1. The van der Waals surface area contributed by atoms with Crippen LogP contribution in [0, 0.1) is 16.7 Å². The number of hydrogen-bond acceptors (Lipinski definition) is 4. The molecule has 2 fully saturated rings. The van der Waals surface area contributed by atoms with Crippen molar-refractivity contribution in [3.05, 3.63) is 36.6 Å². The van der Waals surface area contributed by atoms with Crippen molar-refractivity contribution in [3.8, 4) is 11.5 Å². The summed E-state index contributed by atoms with van der Waals surface area (Å²) in [6, 6.07) is 7.27. The number of allylic oxidation sites excluding steroid dienone is 1. The van der Waals surface area contributed by atoms with Crippen LogP contribution in [-0.4, -0.2) is 24.1 Å². The predicted octanol–water partition coefficient (Wildman–Crippen LogP) is 2.95. The highest BCUT2D eigenvalue weighted by atomic mass is 16.5. The van der Waals surface area contributed by atoms with Gasteiger partial charge in [0.1, 0.15) is 17.6 Å². The van der Waals surface area contributed by atoms with Gasteiger partial charge in [0.25, 0.3) is 0 Å². The van der Waals surface area contributed by atoms with Gasteiger partial charge in [0, 0.05) is 0 Å². The third-order valence-corrected chi connectivity index (χ3v) is 5.63. The summed E-state index contributed by atoms with van der Waals surface area (Å²) in [5.41, 5.74) is -0.840. The highest BCUT2D eigenvalue weighted by Crippen LogP contribution is 2.64. The van der Waals surface area contributed by atoms with E-state index < -0.39 is 11.5 Å². The molecule has 2 saturated carbocycles. The maximum Gasteiger partial charge on any atom is 0.172 e. The maximum atomic E-state index is 12.5. The van der Waals surface area contributed by atoms with E-state index in [0.29, 0.717) is 5.75 Å². The average molecular weight is 302 g/mol. The van der Waals surface area contributed by atoms with Crippen molar-refractivity contribution >= 4 is 5.78 Å². The zero-order chi connectivity index (χ0) is 16.0. The normalized spacial score (nSPS) is 32.6. The number of aliphatic hydroxyl groups excluding tert-OH is 1. The van der Waals surface area contributed by atoms with Crippen molar-refractivity contribution in [1.29, 1.82) is 0 Å². The number of methoxy groups -OCH3 is 1. The molecule has 0 aromatic heterocycles. The van der Waals surface area contributed by atoms with Crippen LogP contribution < -0.4 is 9.47 Å². The lowest BCUT2D eigenvalue weighted by Crippen LogP contribution is -2.36. The zero-order valence-corrected chi connectivity index (χ0v) is 13.2. The number of fused-ring (bicyclic) bond motifs is 2. The van der Waals surface area contributed by atoms with Crippen LogP contribution in [0.4, 0.5) is 0 Å². The largest absolute Gasteiger partial charge is 0.497 e. The number of carbonyl (C=O) groups excluding carboxylic acids is 1. The molecule has 0 saturated heterocycles. The number of rotatable bonds is 4. The molecule has 0 amide bonds. The standard InChI is InChI=1S/C18H22O4/c1-17(2)14-8-9-18(17,16(20)15(14)19)10-11-22-13-6-4-12(21-3)5-7-13/h4-7,10-11,14-15,19H,8-9H2,1-3H3/b11-10+/t14-,15-,18-/m1/s1. The van der Waals surface area contributed by atoms with Gasteiger partial charge in [0.05, 0.1) is 18.8 Å². The first-order valence-electron chi connectivity index (χ1n) is 7.63. The van der Waals surface area contributed by atoms with E-state index in [0.717, 1.165) is 18.6 Å². The second-order valence-corrected chi connectivity index (χ2v) is 6.74. The lowest BCUT2D eigenvalue weighted by atomic mass is 9.69. The molecular formula is C18H22O4. The summed E-state index contributed by atoms with van der Waals surface area (Å²) >= 11 is 0. The Bertz CT molecular complexity index is 602. The molecule has 0 radical (unpaired) electrons. The van der Waals surface area contributed by atoms with E-state index in [1.165, 1.54) is 0 Å². The fourth-order valence-electron chi connectivity index (χ4n) is 4.10. The maximum absolute atomic E-state index is 12.5. The molecule has 3 atom stereocenters. The minimum atomic E-state index is -0.839. The molecule has 4 nitrogen and oxygen atoms in total. The lowest BCUT2D eigenvalue weighted by Gasteiger charge is -2.32. The van der Waals surface area contributed by atoms with Crippen LogP contribution >= 0.6 is 0 Å². The minimum Gasteiger partial charge on any atom is -0.497 e. The van der Waals surface area contributed by atoms with E-state index in [1.54, 1.807) is 13.4 Å². The van der Waals surface area contributed by atoms with Crippen LogP contribution in [0.2, 0.25) is 0 Å². The van der Waals surface area contributed by atoms with E-state index in [-0.39, 0.29) is 17.1 Å². The van der Waals surface area contributed by atoms with Gasteiger partial charge in [0.15, 0.2) is 5.78 Å². The smallest absolute Gasteiger partial charge is 0.172 e. The second kappa shape index (κ2) is 5.13. The predicted molar refractivity (Wildman–Crippen MR) is 82.7 cm³/mol. The number of benzene rings is 1. The molecule has 1 aromatic rings. The van der Waals surface area contributed by atoms with Gasteiger partial charge in [-0.15, -0.1) is 0 Å². The van der Waals surface area contributed by atoms with Crippen molar-refractivity contribution in [1.82, 2.24) is 0 Å². The zero-order valence-electron chi connectivity index (χ0n) is 13.2. The first-order chi connectivity index (χ1) is 10.4. The fourth-order valence-corrected chi connectivity index (χ4v) is 4.10. The van der Waals surface area contributed by atoms with Gasteiger partial charge in [-0.1, -0.05) is 13.8 Å². The first-order valence-corrected chi connectivity index (χ1v) is 7.63. The van der Waals surface area contributed by atoms with Gasteiger partial charge < -0.3 is 14.6 Å². The SMILES string of the molecule is COc1ccc(O/C=C/[C@]23CC[C@H]([C@@H](O)C2=O)C3(C)C)cc1.